The Labute approximate surface area is 180 Å². The van der Waals surface area contributed by atoms with Crippen molar-refractivity contribution in [2.45, 2.75) is 24.5 Å². The van der Waals surface area contributed by atoms with Crippen LogP contribution >= 0.6 is 11.8 Å². The first kappa shape index (κ1) is 19.5. The van der Waals surface area contributed by atoms with Crippen LogP contribution in [0.2, 0.25) is 0 Å². The smallest absolute Gasteiger partial charge is 0.265 e. The van der Waals surface area contributed by atoms with E-state index >= 15 is 0 Å². The van der Waals surface area contributed by atoms with E-state index in [1.165, 1.54) is 30.1 Å². The van der Waals surface area contributed by atoms with Crippen molar-refractivity contribution in [1.29, 1.82) is 0 Å². The Morgan fingerprint density at radius 2 is 2.00 bits per heavy atom. The number of amides is 1. The van der Waals surface area contributed by atoms with Gasteiger partial charge in [-0.1, -0.05) is 42.1 Å². The van der Waals surface area contributed by atoms with Gasteiger partial charge in [-0.15, -0.1) is 0 Å². The van der Waals surface area contributed by atoms with Gasteiger partial charge in [0.25, 0.3) is 5.56 Å². The highest BCUT2D eigenvalue weighted by molar-refractivity contribution is 7.99. The molecule has 1 unspecified atom stereocenters. The normalized spacial score (nSPS) is 15.2. The number of anilines is 1. The fraction of sp³-hybridized carbons (Fsp3) is 0.182. The predicted molar refractivity (Wildman–Crippen MR) is 117 cm³/mol. The van der Waals surface area contributed by atoms with Crippen LogP contribution in [0.5, 0.6) is 0 Å². The van der Waals surface area contributed by atoms with Crippen LogP contribution in [0.1, 0.15) is 18.0 Å². The van der Waals surface area contributed by atoms with Crippen molar-refractivity contribution in [2.24, 2.45) is 0 Å². The van der Waals surface area contributed by atoms with Crippen molar-refractivity contribution in [3.63, 3.8) is 0 Å². The van der Waals surface area contributed by atoms with Gasteiger partial charge in [0.15, 0.2) is 10.8 Å². The van der Waals surface area contributed by atoms with Gasteiger partial charge in [0, 0.05) is 12.2 Å². The Hall–Kier alpha value is -3.46. The molecule has 0 bridgehead atoms. The molecule has 3 heterocycles. The molecule has 7 nitrogen and oxygen atoms in total. The molecule has 0 aliphatic carbocycles. The number of fused-ring (bicyclic) bond motifs is 2. The second-order valence-corrected chi connectivity index (χ2v) is 8.33. The summed E-state index contributed by atoms with van der Waals surface area (Å²) in [6, 6.07) is 13.4. The molecule has 1 amide bonds. The first-order chi connectivity index (χ1) is 15.0. The number of halogens is 1. The van der Waals surface area contributed by atoms with Gasteiger partial charge in [-0.05, 0) is 30.7 Å². The number of carbonyl (C=O) groups is 1. The zero-order valence-corrected chi connectivity index (χ0v) is 17.4. The number of carbonyl (C=O) groups excluding carboxylic acids is 1. The van der Waals surface area contributed by atoms with Crippen LogP contribution in [0.15, 0.2) is 64.7 Å². The molecule has 0 radical (unpaired) electrons. The lowest BCUT2D eigenvalue weighted by molar-refractivity contribution is -0.116. The topological polar surface area (TPSA) is 81.8 Å². The number of thioether (sulfide) groups is 1. The van der Waals surface area contributed by atoms with E-state index in [9.17, 15) is 14.0 Å². The average molecular weight is 435 g/mol. The minimum atomic E-state index is -0.499. The lowest BCUT2D eigenvalue weighted by Gasteiger charge is -2.14. The molecule has 2 aromatic heterocycles. The Morgan fingerprint density at radius 3 is 2.81 bits per heavy atom. The van der Waals surface area contributed by atoms with Crippen LogP contribution in [0.25, 0.3) is 16.7 Å². The fourth-order valence-electron chi connectivity index (χ4n) is 3.74. The number of benzene rings is 2. The standard InChI is InChI=1S/C22H18FN5O2S/c1-13-6-2-5-9-18(13)28-20-15(11-24-28)21(30)27-14(12-31-22(27)26-20)10-19(29)25-17-8-4-3-7-16(17)23/h2-9,11,14H,10,12H2,1H3,(H,25,29). The molecule has 4 aromatic rings. The van der Waals surface area contributed by atoms with E-state index in [0.717, 1.165) is 11.3 Å². The van der Waals surface area contributed by atoms with E-state index < -0.39 is 5.82 Å². The number of hydrogen-bond acceptors (Lipinski definition) is 5. The quantitative estimate of drug-likeness (QED) is 0.494. The summed E-state index contributed by atoms with van der Waals surface area (Å²) in [7, 11) is 0. The second-order valence-electron chi connectivity index (χ2n) is 7.35. The summed E-state index contributed by atoms with van der Waals surface area (Å²) in [6.07, 6.45) is 1.57. The van der Waals surface area contributed by atoms with Crippen LogP contribution in [0.4, 0.5) is 10.1 Å². The number of hydrogen-bond donors (Lipinski definition) is 1. The van der Waals surface area contributed by atoms with Crippen molar-refractivity contribution >= 4 is 34.4 Å². The Morgan fingerprint density at radius 1 is 1.23 bits per heavy atom. The summed E-state index contributed by atoms with van der Waals surface area (Å²) in [6.45, 7) is 1.97. The molecular weight excluding hydrogens is 417 g/mol. The molecule has 0 spiro atoms. The molecule has 31 heavy (non-hydrogen) atoms. The van der Waals surface area contributed by atoms with E-state index in [0.29, 0.717) is 21.9 Å². The van der Waals surface area contributed by atoms with E-state index in [1.54, 1.807) is 21.4 Å². The number of para-hydroxylation sites is 2. The third-order valence-electron chi connectivity index (χ3n) is 5.28. The maximum absolute atomic E-state index is 13.8. The molecule has 2 aromatic carbocycles. The molecule has 1 aliphatic rings. The molecule has 1 atom stereocenters. The highest BCUT2D eigenvalue weighted by Gasteiger charge is 2.30. The lowest BCUT2D eigenvalue weighted by atomic mass is 10.2. The highest BCUT2D eigenvalue weighted by Crippen LogP contribution is 2.33. The summed E-state index contributed by atoms with van der Waals surface area (Å²) >= 11 is 1.42. The van der Waals surface area contributed by atoms with Gasteiger partial charge >= 0.3 is 0 Å². The summed E-state index contributed by atoms with van der Waals surface area (Å²) in [4.78, 5) is 30.4. The van der Waals surface area contributed by atoms with Crippen molar-refractivity contribution in [1.82, 2.24) is 19.3 Å². The largest absolute Gasteiger partial charge is 0.324 e. The third-order valence-corrected chi connectivity index (χ3v) is 6.38. The van der Waals surface area contributed by atoms with Crippen molar-refractivity contribution in [3.05, 3.63) is 76.5 Å². The fourth-order valence-corrected chi connectivity index (χ4v) is 4.87. The Bertz CT molecular complexity index is 1380. The second kappa shape index (κ2) is 7.66. The number of nitrogens with zero attached hydrogens (tertiary/aromatic N) is 4. The van der Waals surface area contributed by atoms with Crippen molar-refractivity contribution in [2.75, 3.05) is 11.1 Å². The van der Waals surface area contributed by atoms with E-state index in [4.69, 9.17) is 0 Å². The van der Waals surface area contributed by atoms with Gasteiger partial charge in [-0.3, -0.25) is 14.2 Å². The maximum atomic E-state index is 13.8. The number of aromatic nitrogens is 4. The number of rotatable bonds is 4. The molecular formula is C22H18FN5O2S. The van der Waals surface area contributed by atoms with E-state index in [-0.39, 0.29) is 29.6 Å². The van der Waals surface area contributed by atoms with Gasteiger partial charge in [0.2, 0.25) is 5.91 Å². The molecule has 0 fully saturated rings. The first-order valence-electron chi connectivity index (χ1n) is 9.76. The van der Waals surface area contributed by atoms with Gasteiger partial charge in [0.1, 0.15) is 11.2 Å². The van der Waals surface area contributed by atoms with Crippen LogP contribution in [0.3, 0.4) is 0 Å². The van der Waals surface area contributed by atoms with Crippen LogP contribution in [0, 0.1) is 12.7 Å². The monoisotopic (exact) mass is 435 g/mol. The number of aryl methyl sites for hydroxylation is 1. The Balaban J connectivity index is 1.47. The van der Waals surface area contributed by atoms with Gasteiger partial charge in [0.05, 0.1) is 23.6 Å². The molecule has 5 rings (SSSR count). The van der Waals surface area contributed by atoms with Crippen LogP contribution in [-0.2, 0) is 4.79 Å². The summed E-state index contributed by atoms with van der Waals surface area (Å²) < 4.78 is 17.0. The summed E-state index contributed by atoms with van der Waals surface area (Å²) in [5, 5.41) is 7.92. The number of nitrogens with one attached hydrogen (secondary N) is 1. The minimum Gasteiger partial charge on any atom is -0.324 e. The minimum absolute atomic E-state index is 0.0490. The average Bonchev–Trinajstić information content (AvgIpc) is 3.35. The lowest BCUT2D eigenvalue weighted by Crippen LogP contribution is -2.28. The molecule has 0 saturated heterocycles. The van der Waals surface area contributed by atoms with Gasteiger partial charge in [-0.25, -0.2) is 14.1 Å². The molecule has 156 valence electrons. The molecule has 0 saturated carbocycles. The Kier molecular flexibility index (Phi) is 4.82. The van der Waals surface area contributed by atoms with Gasteiger partial charge in [-0.2, -0.15) is 5.10 Å². The van der Waals surface area contributed by atoms with Crippen LogP contribution in [-0.4, -0.2) is 31.0 Å². The van der Waals surface area contributed by atoms with Crippen LogP contribution < -0.4 is 10.9 Å². The zero-order chi connectivity index (χ0) is 21.5. The predicted octanol–water partition coefficient (Wildman–Crippen LogP) is 3.71. The molecule has 9 heteroatoms. The molecule has 1 aliphatic heterocycles. The maximum Gasteiger partial charge on any atom is 0.265 e. The van der Waals surface area contributed by atoms with E-state index in [1.807, 2.05) is 31.2 Å². The summed E-state index contributed by atoms with van der Waals surface area (Å²) in [5.41, 5.74) is 2.27. The van der Waals surface area contributed by atoms with Crippen molar-refractivity contribution < 1.29 is 9.18 Å². The highest BCUT2D eigenvalue weighted by atomic mass is 32.2. The van der Waals surface area contributed by atoms with Crippen molar-refractivity contribution in [3.8, 4) is 5.69 Å². The SMILES string of the molecule is Cc1ccccc1-n1ncc2c(=O)n3c(nc21)SCC3CC(=O)Nc1ccccc1F. The molecule has 1 N–H and O–H groups in total. The zero-order valence-electron chi connectivity index (χ0n) is 16.6. The van der Waals surface area contributed by atoms with Gasteiger partial charge < -0.3 is 5.32 Å². The third kappa shape index (κ3) is 3.40. The first-order valence-corrected chi connectivity index (χ1v) is 10.7. The summed E-state index contributed by atoms with van der Waals surface area (Å²) in [5.74, 6) is -0.315. The van der Waals surface area contributed by atoms with E-state index in [2.05, 4.69) is 15.4 Å².